The second-order valence-corrected chi connectivity index (χ2v) is 7.20. The van der Waals surface area contributed by atoms with Gasteiger partial charge in [0.1, 0.15) is 0 Å². The lowest BCUT2D eigenvalue weighted by atomic mass is 9.99. The van der Waals surface area contributed by atoms with Gasteiger partial charge in [0.05, 0.1) is 0 Å². The zero-order valence-electron chi connectivity index (χ0n) is 12.6. The van der Waals surface area contributed by atoms with Gasteiger partial charge in [-0.15, -0.1) is 11.8 Å². The van der Waals surface area contributed by atoms with Gasteiger partial charge in [-0.25, -0.2) is 0 Å². The van der Waals surface area contributed by atoms with E-state index in [4.69, 9.17) is 0 Å². The highest BCUT2D eigenvalue weighted by Crippen LogP contribution is 2.23. The van der Waals surface area contributed by atoms with Gasteiger partial charge in [-0.05, 0) is 54.1 Å². The summed E-state index contributed by atoms with van der Waals surface area (Å²) in [5.41, 5.74) is 2.72. The minimum atomic E-state index is 0.372. The molecule has 112 valence electrons. The van der Waals surface area contributed by atoms with E-state index in [1.165, 1.54) is 16.0 Å². The summed E-state index contributed by atoms with van der Waals surface area (Å²) < 4.78 is 1.13. The van der Waals surface area contributed by atoms with Crippen molar-refractivity contribution >= 4 is 27.7 Å². The second kappa shape index (κ2) is 8.62. The Morgan fingerprint density at radius 1 is 1.00 bits per heavy atom. The van der Waals surface area contributed by atoms with E-state index < -0.39 is 0 Å². The summed E-state index contributed by atoms with van der Waals surface area (Å²) in [5, 5.41) is 3.59. The monoisotopic (exact) mass is 363 g/mol. The number of hydrogen-bond acceptors (Lipinski definition) is 2. The number of thioether (sulfide) groups is 1. The molecule has 0 fully saturated rings. The van der Waals surface area contributed by atoms with Crippen LogP contribution in [0.3, 0.4) is 0 Å². The Morgan fingerprint density at radius 3 is 2.24 bits per heavy atom. The first kappa shape index (κ1) is 16.6. The molecule has 0 aliphatic heterocycles. The third kappa shape index (κ3) is 5.17. The normalized spacial score (nSPS) is 12.3. The molecule has 0 spiro atoms. The third-order valence-corrected chi connectivity index (χ3v) is 4.82. The molecule has 3 heteroatoms. The second-order valence-electron chi connectivity index (χ2n) is 4.94. The Morgan fingerprint density at radius 2 is 1.67 bits per heavy atom. The van der Waals surface area contributed by atoms with Crippen LogP contribution in [0.25, 0.3) is 0 Å². The highest BCUT2D eigenvalue weighted by Gasteiger charge is 2.11. The molecule has 0 heterocycles. The van der Waals surface area contributed by atoms with Crippen LogP contribution < -0.4 is 5.32 Å². The largest absolute Gasteiger partial charge is 0.310 e. The van der Waals surface area contributed by atoms with Gasteiger partial charge in [0.25, 0.3) is 0 Å². The summed E-state index contributed by atoms with van der Waals surface area (Å²) in [5.74, 6) is 1.12. The summed E-state index contributed by atoms with van der Waals surface area (Å²) >= 11 is 5.38. The third-order valence-electron chi connectivity index (χ3n) is 3.40. The van der Waals surface area contributed by atoms with Gasteiger partial charge in [-0.2, -0.15) is 0 Å². The van der Waals surface area contributed by atoms with Crippen LogP contribution in [-0.2, 0) is 6.42 Å². The highest BCUT2D eigenvalue weighted by atomic mass is 79.9. The lowest BCUT2D eigenvalue weighted by Gasteiger charge is -2.19. The van der Waals surface area contributed by atoms with Gasteiger partial charge >= 0.3 is 0 Å². The van der Waals surface area contributed by atoms with E-state index in [0.29, 0.717) is 6.04 Å². The Kier molecular flexibility index (Phi) is 6.81. The van der Waals surface area contributed by atoms with E-state index >= 15 is 0 Å². The fraction of sp³-hybridized carbons (Fsp3) is 0.333. The molecule has 0 bridgehead atoms. The number of benzene rings is 2. The van der Waals surface area contributed by atoms with Gasteiger partial charge in [-0.3, -0.25) is 0 Å². The molecular weight excluding hydrogens is 342 g/mol. The smallest absolute Gasteiger partial charge is 0.0360 e. The van der Waals surface area contributed by atoms with Gasteiger partial charge in [0.15, 0.2) is 0 Å². The van der Waals surface area contributed by atoms with Crippen LogP contribution in [0.2, 0.25) is 0 Å². The molecule has 2 rings (SSSR count). The van der Waals surface area contributed by atoms with Crippen molar-refractivity contribution in [2.24, 2.45) is 0 Å². The maximum atomic E-state index is 3.59. The topological polar surface area (TPSA) is 12.0 Å². The summed E-state index contributed by atoms with van der Waals surface area (Å²) in [6, 6.07) is 17.9. The standard InChI is InChI=1S/C18H22BrNS/c1-3-20-18(13-14-5-9-16(19)10-6-14)15-7-11-17(12-8-15)21-4-2/h5-12,18,20H,3-4,13H2,1-2H3. The molecule has 2 aromatic rings. The maximum Gasteiger partial charge on any atom is 0.0360 e. The van der Waals surface area contributed by atoms with Crippen molar-refractivity contribution in [3.8, 4) is 0 Å². The quantitative estimate of drug-likeness (QED) is 0.655. The Balaban J connectivity index is 2.12. The van der Waals surface area contributed by atoms with E-state index in [0.717, 1.165) is 23.2 Å². The molecule has 0 saturated carbocycles. The highest BCUT2D eigenvalue weighted by molar-refractivity contribution is 9.10. The van der Waals surface area contributed by atoms with E-state index in [2.05, 4.69) is 83.6 Å². The van der Waals surface area contributed by atoms with Crippen LogP contribution in [0, 0.1) is 0 Å². The minimum Gasteiger partial charge on any atom is -0.310 e. The lowest BCUT2D eigenvalue weighted by Crippen LogP contribution is -2.22. The van der Waals surface area contributed by atoms with Gasteiger partial charge in [-0.1, -0.05) is 54.0 Å². The molecule has 1 unspecified atom stereocenters. The van der Waals surface area contributed by atoms with Gasteiger partial charge < -0.3 is 5.32 Å². The molecule has 0 radical (unpaired) electrons. The van der Waals surface area contributed by atoms with Crippen LogP contribution in [0.1, 0.15) is 31.0 Å². The average molecular weight is 364 g/mol. The van der Waals surface area contributed by atoms with Crippen LogP contribution in [-0.4, -0.2) is 12.3 Å². The molecule has 0 aliphatic carbocycles. The van der Waals surface area contributed by atoms with Crippen molar-refractivity contribution in [1.82, 2.24) is 5.32 Å². The van der Waals surface area contributed by atoms with Crippen molar-refractivity contribution in [3.05, 3.63) is 64.1 Å². The molecule has 1 atom stereocenters. The fourth-order valence-electron chi connectivity index (χ4n) is 2.37. The van der Waals surface area contributed by atoms with E-state index in [1.54, 1.807) is 0 Å². The molecule has 1 N–H and O–H groups in total. The van der Waals surface area contributed by atoms with Gasteiger partial charge in [0.2, 0.25) is 0 Å². The molecule has 0 aliphatic rings. The van der Waals surface area contributed by atoms with Crippen LogP contribution in [0.5, 0.6) is 0 Å². The van der Waals surface area contributed by atoms with Crippen LogP contribution >= 0.6 is 27.7 Å². The fourth-order valence-corrected chi connectivity index (χ4v) is 3.30. The minimum absolute atomic E-state index is 0.372. The molecule has 1 nitrogen and oxygen atoms in total. The summed E-state index contributed by atoms with van der Waals surface area (Å²) in [6.45, 7) is 5.33. The van der Waals surface area contributed by atoms with Crippen molar-refractivity contribution in [3.63, 3.8) is 0 Å². The first-order valence-electron chi connectivity index (χ1n) is 7.43. The number of likely N-dealkylation sites (N-methyl/N-ethyl adjacent to an activating group) is 1. The SMILES string of the molecule is CCNC(Cc1ccc(Br)cc1)c1ccc(SCC)cc1. The zero-order chi connectivity index (χ0) is 15.1. The van der Waals surface area contributed by atoms with E-state index in [-0.39, 0.29) is 0 Å². The molecule has 2 aromatic carbocycles. The van der Waals surface area contributed by atoms with Crippen molar-refractivity contribution in [1.29, 1.82) is 0 Å². The molecule has 0 saturated heterocycles. The zero-order valence-corrected chi connectivity index (χ0v) is 15.0. The predicted octanol–water partition coefficient (Wildman–Crippen LogP) is 5.45. The Hall–Kier alpha value is -0.770. The van der Waals surface area contributed by atoms with Crippen molar-refractivity contribution in [2.45, 2.75) is 31.2 Å². The predicted molar refractivity (Wildman–Crippen MR) is 97.1 cm³/mol. The maximum absolute atomic E-state index is 3.59. The molecule has 0 aromatic heterocycles. The summed E-state index contributed by atoms with van der Waals surface area (Å²) in [4.78, 5) is 1.35. The molecular formula is C18H22BrNS. The van der Waals surface area contributed by atoms with E-state index in [1.807, 2.05) is 11.8 Å². The number of hydrogen-bond donors (Lipinski definition) is 1. The summed E-state index contributed by atoms with van der Waals surface area (Å²) in [7, 11) is 0. The lowest BCUT2D eigenvalue weighted by molar-refractivity contribution is 0.549. The molecule has 21 heavy (non-hydrogen) atoms. The first-order chi connectivity index (χ1) is 10.2. The van der Waals surface area contributed by atoms with Crippen LogP contribution in [0.15, 0.2) is 57.9 Å². The van der Waals surface area contributed by atoms with Crippen molar-refractivity contribution < 1.29 is 0 Å². The first-order valence-corrected chi connectivity index (χ1v) is 9.21. The molecule has 0 amide bonds. The summed E-state index contributed by atoms with van der Waals surface area (Å²) in [6.07, 6.45) is 1.02. The van der Waals surface area contributed by atoms with Crippen LogP contribution in [0.4, 0.5) is 0 Å². The number of rotatable bonds is 7. The van der Waals surface area contributed by atoms with Crippen molar-refractivity contribution in [2.75, 3.05) is 12.3 Å². The Bertz CT molecular complexity index is 536. The van der Waals surface area contributed by atoms with E-state index in [9.17, 15) is 0 Å². The Labute approximate surface area is 140 Å². The van der Waals surface area contributed by atoms with Gasteiger partial charge in [0, 0.05) is 15.4 Å². The average Bonchev–Trinajstić information content (AvgIpc) is 2.50. The number of nitrogens with one attached hydrogen (secondary N) is 1. The number of halogens is 1.